The Kier molecular flexibility index (Phi) is 4.83. The van der Waals surface area contributed by atoms with Gasteiger partial charge in [-0.2, -0.15) is 0 Å². The van der Waals surface area contributed by atoms with Crippen molar-refractivity contribution in [3.8, 4) is 5.75 Å². The third kappa shape index (κ3) is 3.48. The van der Waals surface area contributed by atoms with Crippen LogP contribution in [-0.4, -0.2) is 31.1 Å². The molecule has 2 N–H and O–H groups in total. The van der Waals surface area contributed by atoms with Crippen molar-refractivity contribution >= 4 is 0 Å². The molecule has 1 saturated heterocycles. The van der Waals surface area contributed by atoms with Crippen molar-refractivity contribution in [1.82, 2.24) is 4.90 Å². The summed E-state index contributed by atoms with van der Waals surface area (Å²) in [7, 11) is 1.69. The smallest absolute Gasteiger partial charge is 0.118 e. The van der Waals surface area contributed by atoms with Crippen LogP contribution in [0.3, 0.4) is 0 Å². The molecule has 0 aromatic heterocycles. The van der Waals surface area contributed by atoms with Crippen LogP contribution in [0.15, 0.2) is 24.3 Å². The number of likely N-dealkylation sites (tertiary alicyclic amines) is 1. The largest absolute Gasteiger partial charge is 0.497 e. The molecule has 0 aliphatic carbocycles. The third-order valence-electron chi connectivity index (χ3n) is 4.16. The molecule has 19 heavy (non-hydrogen) atoms. The van der Waals surface area contributed by atoms with E-state index in [1.807, 2.05) is 12.1 Å². The molecular weight excluding hydrogens is 236 g/mol. The lowest BCUT2D eigenvalue weighted by molar-refractivity contribution is 0.195. The zero-order chi connectivity index (χ0) is 13.8. The molecule has 0 amide bonds. The number of nitrogens with zero attached hydrogens (tertiary/aromatic N) is 1. The van der Waals surface area contributed by atoms with E-state index in [0.29, 0.717) is 12.0 Å². The number of benzene rings is 1. The minimum absolute atomic E-state index is 0.0882. The third-order valence-corrected chi connectivity index (χ3v) is 4.16. The zero-order valence-corrected chi connectivity index (χ0v) is 12.3. The van der Waals surface area contributed by atoms with Gasteiger partial charge in [0.1, 0.15) is 5.75 Å². The van der Waals surface area contributed by atoms with Crippen LogP contribution in [0, 0.1) is 5.92 Å². The van der Waals surface area contributed by atoms with Crippen molar-refractivity contribution in [2.45, 2.75) is 38.8 Å². The van der Waals surface area contributed by atoms with Crippen molar-refractivity contribution in [3.63, 3.8) is 0 Å². The van der Waals surface area contributed by atoms with Crippen LogP contribution in [0.2, 0.25) is 0 Å². The normalized spacial score (nSPS) is 21.8. The topological polar surface area (TPSA) is 38.5 Å². The van der Waals surface area contributed by atoms with Crippen LogP contribution in [0.4, 0.5) is 0 Å². The maximum atomic E-state index is 6.35. The lowest BCUT2D eigenvalue weighted by Gasteiger charge is -2.30. The lowest BCUT2D eigenvalue weighted by Crippen LogP contribution is -2.38. The number of rotatable bonds is 5. The number of ether oxygens (including phenoxy) is 1. The number of hydrogen-bond acceptors (Lipinski definition) is 3. The molecular formula is C16H26N2O. The van der Waals surface area contributed by atoms with Crippen molar-refractivity contribution in [2.75, 3.05) is 20.2 Å². The summed E-state index contributed by atoms with van der Waals surface area (Å²) in [5.41, 5.74) is 7.54. The highest BCUT2D eigenvalue weighted by molar-refractivity contribution is 5.29. The van der Waals surface area contributed by atoms with Crippen LogP contribution < -0.4 is 10.5 Å². The van der Waals surface area contributed by atoms with E-state index in [4.69, 9.17) is 10.5 Å². The molecule has 1 aromatic rings. The second-order valence-electron chi connectivity index (χ2n) is 5.83. The molecule has 3 heteroatoms. The molecule has 106 valence electrons. The van der Waals surface area contributed by atoms with E-state index < -0.39 is 0 Å². The summed E-state index contributed by atoms with van der Waals surface area (Å²) < 4.78 is 5.18. The standard InChI is InChI=1S/C16H26N2O/c1-12(2)16-5-4-10-18(16)11-15(17)13-6-8-14(19-3)9-7-13/h6-9,12,15-16H,4-5,10-11,17H2,1-3H3. The van der Waals surface area contributed by atoms with E-state index in [2.05, 4.69) is 30.9 Å². The van der Waals surface area contributed by atoms with Gasteiger partial charge in [0, 0.05) is 18.6 Å². The molecule has 1 aliphatic heterocycles. The molecule has 2 rings (SSSR count). The molecule has 1 fully saturated rings. The van der Waals surface area contributed by atoms with Crippen LogP contribution in [-0.2, 0) is 0 Å². The van der Waals surface area contributed by atoms with Gasteiger partial charge >= 0.3 is 0 Å². The first-order valence-electron chi connectivity index (χ1n) is 7.25. The minimum atomic E-state index is 0.0882. The lowest BCUT2D eigenvalue weighted by atomic mass is 10.0. The Balaban J connectivity index is 1.97. The first-order chi connectivity index (χ1) is 9.11. The predicted molar refractivity (Wildman–Crippen MR) is 79.4 cm³/mol. The van der Waals surface area contributed by atoms with Crippen LogP contribution >= 0.6 is 0 Å². The van der Waals surface area contributed by atoms with Crippen LogP contribution in [0.1, 0.15) is 38.3 Å². The van der Waals surface area contributed by atoms with E-state index in [0.717, 1.165) is 12.3 Å². The molecule has 2 unspecified atom stereocenters. The highest BCUT2D eigenvalue weighted by atomic mass is 16.5. The summed E-state index contributed by atoms with van der Waals surface area (Å²) in [5.74, 6) is 1.60. The first-order valence-corrected chi connectivity index (χ1v) is 7.25. The van der Waals surface area contributed by atoms with Gasteiger partial charge in [0.2, 0.25) is 0 Å². The first kappa shape index (κ1) is 14.4. The van der Waals surface area contributed by atoms with Crippen molar-refractivity contribution in [2.24, 2.45) is 11.7 Å². The SMILES string of the molecule is COc1ccc(C(N)CN2CCCC2C(C)C)cc1. The summed E-state index contributed by atoms with van der Waals surface area (Å²) in [4.78, 5) is 2.56. The second-order valence-corrected chi connectivity index (χ2v) is 5.83. The highest BCUT2D eigenvalue weighted by Crippen LogP contribution is 2.26. The summed E-state index contributed by atoms with van der Waals surface area (Å²) in [6, 6.07) is 8.90. The van der Waals surface area contributed by atoms with Crippen LogP contribution in [0.25, 0.3) is 0 Å². The van der Waals surface area contributed by atoms with Gasteiger partial charge in [-0.3, -0.25) is 4.90 Å². The Morgan fingerprint density at radius 2 is 2.00 bits per heavy atom. The number of hydrogen-bond donors (Lipinski definition) is 1. The Morgan fingerprint density at radius 1 is 1.32 bits per heavy atom. The van der Waals surface area contributed by atoms with Gasteiger partial charge in [-0.15, -0.1) is 0 Å². The van der Waals surface area contributed by atoms with E-state index in [-0.39, 0.29) is 6.04 Å². The van der Waals surface area contributed by atoms with Gasteiger partial charge in [-0.05, 0) is 43.0 Å². The molecule has 1 heterocycles. The molecule has 1 aromatic carbocycles. The van der Waals surface area contributed by atoms with Crippen molar-refractivity contribution in [3.05, 3.63) is 29.8 Å². The molecule has 0 saturated carbocycles. The Morgan fingerprint density at radius 3 is 2.58 bits per heavy atom. The quantitative estimate of drug-likeness (QED) is 0.887. The van der Waals surface area contributed by atoms with Crippen LogP contribution in [0.5, 0.6) is 5.75 Å². The van der Waals surface area contributed by atoms with Crippen molar-refractivity contribution in [1.29, 1.82) is 0 Å². The zero-order valence-electron chi connectivity index (χ0n) is 12.3. The van der Waals surface area contributed by atoms with Gasteiger partial charge in [0.05, 0.1) is 7.11 Å². The fraction of sp³-hybridized carbons (Fsp3) is 0.625. The maximum Gasteiger partial charge on any atom is 0.118 e. The summed E-state index contributed by atoms with van der Waals surface area (Å²) in [6.45, 7) is 6.76. The highest BCUT2D eigenvalue weighted by Gasteiger charge is 2.28. The maximum absolute atomic E-state index is 6.35. The van der Waals surface area contributed by atoms with Gasteiger partial charge in [-0.1, -0.05) is 26.0 Å². The average Bonchev–Trinajstić information content (AvgIpc) is 2.87. The van der Waals surface area contributed by atoms with Gasteiger partial charge in [-0.25, -0.2) is 0 Å². The van der Waals surface area contributed by atoms with Gasteiger partial charge < -0.3 is 10.5 Å². The Hall–Kier alpha value is -1.06. The van der Waals surface area contributed by atoms with E-state index >= 15 is 0 Å². The summed E-state index contributed by atoms with van der Waals surface area (Å²) in [5, 5.41) is 0. The van der Waals surface area contributed by atoms with Crippen molar-refractivity contribution < 1.29 is 4.74 Å². The summed E-state index contributed by atoms with van der Waals surface area (Å²) in [6.07, 6.45) is 2.62. The summed E-state index contributed by atoms with van der Waals surface area (Å²) >= 11 is 0. The number of nitrogens with two attached hydrogens (primary N) is 1. The Bertz CT molecular complexity index is 388. The Labute approximate surface area is 116 Å². The molecule has 1 aliphatic rings. The predicted octanol–water partition coefficient (Wildman–Crippen LogP) is 2.82. The fourth-order valence-electron chi connectivity index (χ4n) is 3.04. The van der Waals surface area contributed by atoms with E-state index in [9.17, 15) is 0 Å². The molecule has 0 spiro atoms. The van der Waals surface area contributed by atoms with E-state index in [1.54, 1.807) is 7.11 Å². The average molecular weight is 262 g/mol. The number of methoxy groups -OCH3 is 1. The van der Waals surface area contributed by atoms with E-state index in [1.165, 1.54) is 24.9 Å². The monoisotopic (exact) mass is 262 g/mol. The fourth-order valence-corrected chi connectivity index (χ4v) is 3.04. The second kappa shape index (κ2) is 6.40. The molecule has 3 nitrogen and oxygen atoms in total. The van der Waals surface area contributed by atoms with Gasteiger partial charge in [0.15, 0.2) is 0 Å². The van der Waals surface area contributed by atoms with Gasteiger partial charge in [0.25, 0.3) is 0 Å². The minimum Gasteiger partial charge on any atom is -0.497 e. The molecule has 2 atom stereocenters. The molecule has 0 radical (unpaired) electrons. The molecule has 0 bridgehead atoms.